The first kappa shape index (κ1) is 23.5. The van der Waals surface area contributed by atoms with E-state index in [0.717, 1.165) is 41.7 Å². The smallest absolute Gasteiger partial charge is 0.252 e. The molecule has 3 aromatic rings. The molecule has 0 bridgehead atoms. The average molecular weight is 455 g/mol. The number of rotatable bonds is 10. The number of nitrogens with one attached hydrogen (secondary N) is 1. The monoisotopic (exact) mass is 454 g/mol. The van der Waals surface area contributed by atoms with E-state index in [1.165, 1.54) is 0 Å². The lowest BCUT2D eigenvalue weighted by atomic mass is 10.00. The first-order valence-corrected chi connectivity index (χ1v) is 11.8. The first-order valence-electron chi connectivity index (χ1n) is 11.8. The zero-order chi connectivity index (χ0) is 23.4. The highest BCUT2D eigenvalue weighted by atomic mass is 16.5. The molecule has 1 aliphatic heterocycles. The second kappa shape index (κ2) is 10.5. The normalized spacial score (nSPS) is 17.5. The summed E-state index contributed by atoms with van der Waals surface area (Å²) in [7, 11) is 0. The number of tetrazole rings is 1. The zero-order valence-electron chi connectivity index (χ0n) is 19.7. The summed E-state index contributed by atoms with van der Waals surface area (Å²) >= 11 is 0. The van der Waals surface area contributed by atoms with E-state index in [9.17, 15) is 9.90 Å². The van der Waals surface area contributed by atoms with Crippen molar-refractivity contribution in [2.24, 2.45) is 5.92 Å². The van der Waals surface area contributed by atoms with Crippen LogP contribution in [0.2, 0.25) is 0 Å². The third-order valence-corrected chi connectivity index (χ3v) is 6.30. The SMILES string of the molecule is Cc1ccc2[nH]c(=O)c(CN(CCCO)[C@H](c3nnnn3C[C@@H]3CCCO3)C(C)C)cc2c1. The summed E-state index contributed by atoms with van der Waals surface area (Å²) < 4.78 is 7.65. The molecule has 1 aliphatic rings. The van der Waals surface area contributed by atoms with Crippen molar-refractivity contribution in [3.8, 4) is 0 Å². The van der Waals surface area contributed by atoms with E-state index in [2.05, 4.69) is 45.3 Å². The van der Waals surface area contributed by atoms with Gasteiger partial charge in [0.15, 0.2) is 5.82 Å². The summed E-state index contributed by atoms with van der Waals surface area (Å²) in [6.45, 7) is 8.85. The van der Waals surface area contributed by atoms with Gasteiger partial charge in [-0.05, 0) is 66.1 Å². The lowest BCUT2D eigenvalue weighted by Crippen LogP contribution is -2.37. The molecule has 9 nitrogen and oxygen atoms in total. The Labute approximate surface area is 193 Å². The van der Waals surface area contributed by atoms with Crippen molar-refractivity contribution in [2.75, 3.05) is 19.8 Å². The minimum absolute atomic E-state index is 0.0788. The number of benzene rings is 1. The molecule has 1 fully saturated rings. The summed E-state index contributed by atoms with van der Waals surface area (Å²) in [5, 5.41) is 23.2. The molecule has 0 amide bonds. The number of aromatic amines is 1. The van der Waals surface area contributed by atoms with Crippen molar-refractivity contribution >= 4 is 10.9 Å². The van der Waals surface area contributed by atoms with Gasteiger partial charge in [0.2, 0.25) is 0 Å². The van der Waals surface area contributed by atoms with Crippen molar-refractivity contribution in [1.82, 2.24) is 30.1 Å². The Balaban J connectivity index is 1.66. The third kappa shape index (κ3) is 5.48. The number of fused-ring (bicyclic) bond motifs is 1. The average Bonchev–Trinajstić information content (AvgIpc) is 3.45. The largest absolute Gasteiger partial charge is 0.396 e. The quantitative estimate of drug-likeness (QED) is 0.485. The molecule has 1 aromatic carbocycles. The lowest BCUT2D eigenvalue weighted by Gasteiger charge is -2.33. The molecule has 3 heterocycles. The van der Waals surface area contributed by atoms with Crippen molar-refractivity contribution in [1.29, 1.82) is 0 Å². The minimum atomic E-state index is -0.111. The molecule has 33 heavy (non-hydrogen) atoms. The van der Waals surface area contributed by atoms with Gasteiger partial charge in [0.05, 0.1) is 18.7 Å². The van der Waals surface area contributed by atoms with E-state index in [1.807, 2.05) is 29.8 Å². The lowest BCUT2D eigenvalue weighted by molar-refractivity contribution is 0.0851. The molecular weight excluding hydrogens is 420 g/mol. The number of nitrogens with zero attached hydrogens (tertiary/aromatic N) is 5. The number of ether oxygens (including phenoxy) is 1. The van der Waals surface area contributed by atoms with Crippen molar-refractivity contribution < 1.29 is 9.84 Å². The molecule has 178 valence electrons. The van der Waals surface area contributed by atoms with Gasteiger partial charge in [0.25, 0.3) is 5.56 Å². The first-order chi connectivity index (χ1) is 16.0. The van der Waals surface area contributed by atoms with Crippen LogP contribution in [0, 0.1) is 12.8 Å². The van der Waals surface area contributed by atoms with Crippen molar-refractivity contribution in [3.63, 3.8) is 0 Å². The molecule has 0 aliphatic carbocycles. The minimum Gasteiger partial charge on any atom is -0.396 e. The second-order valence-electron chi connectivity index (χ2n) is 9.31. The van der Waals surface area contributed by atoms with Crippen LogP contribution in [0.15, 0.2) is 29.1 Å². The van der Waals surface area contributed by atoms with Gasteiger partial charge >= 0.3 is 0 Å². The summed E-state index contributed by atoms with van der Waals surface area (Å²) in [5.74, 6) is 0.964. The Bertz CT molecular complexity index is 1120. The number of hydrogen-bond donors (Lipinski definition) is 2. The Morgan fingerprint density at radius 2 is 2.18 bits per heavy atom. The molecule has 4 rings (SSSR count). The van der Waals surface area contributed by atoms with Crippen LogP contribution in [0.1, 0.15) is 56.1 Å². The molecule has 0 saturated carbocycles. The predicted octanol–water partition coefficient (Wildman–Crippen LogP) is 2.58. The number of aryl methyl sites for hydroxylation is 1. The second-order valence-corrected chi connectivity index (χ2v) is 9.31. The maximum absolute atomic E-state index is 12.9. The maximum atomic E-state index is 12.9. The molecule has 2 atom stereocenters. The van der Waals surface area contributed by atoms with Gasteiger partial charge in [0.1, 0.15) is 0 Å². The van der Waals surface area contributed by atoms with Gasteiger partial charge in [-0.15, -0.1) is 5.10 Å². The van der Waals surface area contributed by atoms with Crippen molar-refractivity contribution in [2.45, 2.75) is 65.3 Å². The molecule has 2 N–H and O–H groups in total. The number of aliphatic hydroxyl groups excluding tert-OH is 1. The topological polar surface area (TPSA) is 109 Å². The fourth-order valence-electron chi connectivity index (χ4n) is 4.72. The van der Waals surface area contributed by atoms with Gasteiger partial charge in [0, 0.05) is 37.4 Å². The van der Waals surface area contributed by atoms with Crippen LogP contribution in [0.4, 0.5) is 0 Å². The zero-order valence-corrected chi connectivity index (χ0v) is 19.7. The Kier molecular flexibility index (Phi) is 7.52. The van der Waals surface area contributed by atoms with E-state index in [4.69, 9.17) is 4.74 Å². The van der Waals surface area contributed by atoms with Gasteiger partial charge in [-0.25, -0.2) is 4.68 Å². The standard InChI is InChI=1S/C24H34N6O3/c1-16(2)22(23-26-27-28-30(23)15-20-6-4-11-33-20)29(9-5-10-31)14-19-13-18-12-17(3)7-8-21(18)25-24(19)32/h7-8,12-13,16,20,22,31H,4-6,9-11,14-15H2,1-3H3,(H,25,32)/t20-,22-/m0/s1. The summed E-state index contributed by atoms with van der Waals surface area (Å²) in [4.78, 5) is 18.1. The fraction of sp³-hybridized carbons (Fsp3) is 0.583. The van der Waals surface area contributed by atoms with Crippen molar-refractivity contribution in [3.05, 3.63) is 51.6 Å². The van der Waals surface area contributed by atoms with E-state index >= 15 is 0 Å². The van der Waals surface area contributed by atoms with Gasteiger partial charge in [-0.1, -0.05) is 25.5 Å². The Morgan fingerprint density at radius 3 is 2.91 bits per heavy atom. The summed E-state index contributed by atoms with van der Waals surface area (Å²) in [6, 6.07) is 7.87. The number of H-pyrrole nitrogens is 1. The predicted molar refractivity (Wildman–Crippen MR) is 126 cm³/mol. The maximum Gasteiger partial charge on any atom is 0.252 e. The van der Waals surface area contributed by atoms with E-state index < -0.39 is 0 Å². The van der Waals surface area contributed by atoms with Crippen LogP contribution in [0.5, 0.6) is 0 Å². The highest BCUT2D eigenvalue weighted by molar-refractivity contribution is 5.79. The summed E-state index contributed by atoms with van der Waals surface area (Å²) in [5.41, 5.74) is 2.57. The number of aromatic nitrogens is 5. The van der Waals surface area contributed by atoms with Crippen LogP contribution in [-0.4, -0.2) is 61.1 Å². The molecule has 0 unspecified atom stereocenters. The van der Waals surface area contributed by atoms with E-state index in [0.29, 0.717) is 31.6 Å². The highest BCUT2D eigenvalue weighted by Gasteiger charge is 2.30. The van der Waals surface area contributed by atoms with Gasteiger partial charge < -0.3 is 14.8 Å². The van der Waals surface area contributed by atoms with Crippen LogP contribution in [0.3, 0.4) is 0 Å². The van der Waals surface area contributed by atoms with Crippen LogP contribution >= 0.6 is 0 Å². The Hall–Kier alpha value is -2.62. The van der Waals surface area contributed by atoms with Gasteiger partial charge in [-0.2, -0.15) is 0 Å². The number of pyridine rings is 1. The molecule has 0 spiro atoms. The molecular formula is C24H34N6O3. The summed E-state index contributed by atoms with van der Waals surface area (Å²) in [6.07, 6.45) is 2.78. The molecule has 0 radical (unpaired) electrons. The molecule has 2 aromatic heterocycles. The molecule has 9 heteroatoms. The van der Waals surface area contributed by atoms with Crippen LogP contribution < -0.4 is 5.56 Å². The number of aliphatic hydroxyl groups is 1. The van der Waals surface area contributed by atoms with E-state index in [1.54, 1.807) is 0 Å². The Morgan fingerprint density at radius 1 is 1.33 bits per heavy atom. The highest BCUT2D eigenvalue weighted by Crippen LogP contribution is 2.29. The van der Waals surface area contributed by atoms with Crippen LogP contribution in [-0.2, 0) is 17.8 Å². The number of hydrogen-bond acceptors (Lipinski definition) is 7. The van der Waals surface area contributed by atoms with Crippen LogP contribution in [0.25, 0.3) is 10.9 Å². The molecule has 1 saturated heterocycles. The fourth-order valence-corrected chi connectivity index (χ4v) is 4.72. The van der Waals surface area contributed by atoms with Gasteiger partial charge in [-0.3, -0.25) is 9.69 Å². The van der Waals surface area contributed by atoms with E-state index in [-0.39, 0.29) is 30.2 Å². The third-order valence-electron chi connectivity index (χ3n) is 6.30.